The van der Waals surface area contributed by atoms with Crippen molar-refractivity contribution in [2.45, 2.75) is 26.5 Å². The topological polar surface area (TPSA) is 51.4 Å². The minimum absolute atomic E-state index is 0.0801. The Labute approximate surface area is 116 Å². The lowest BCUT2D eigenvalue weighted by atomic mass is 10.2. The number of morpholine rings is 1. The largest absolute Gasteiger partial charge is 0.368 e. The summed E-state index contributed by atoms with van der Waals surface area (Å²) in [6.07, 6.45) is 0.0801. The lowest BCUT2D eigenvalue weighted by Gasteiger charge is -2.31. The van der Waals surface area contributed by atoms with Crippen LogP contribution in [0, 0.1) is 13.8 Å². The number of nitrogens with zero attached hydrogens (tertiary/aromatic N) is 3. The zero-order valence-electron chi connectivity index (χ0n) is 11.1. The molecule has 0 N–H and O–H groups in total. The molecule has 0 aliphatic carbocycles. The smallest absolute Gasteiger partial charge is 0.150 e. The van der Waals surface area contributed by atoms with Gasteiger partial charge in [-0.05, 0) is 13.8 Å². The molecular formula is C13H17N3O2S. The van der Waals surface area contributed by atoms with Gasteiger partial charge in [0.1, 0.15) is 11.1 Å². The Morgan fingerprint density at radius 3 is 3.00 bits per heavy atom. The first kappa shape index (κ1) is 12.8. The minimum atomic E-state index is 0.0801. The molecule has 1 aliphatic heterocycles. The summed E-state index contributed by atoms with van der Waals surface area (Å²) >= 11 is 1.67. The zero-order chi connectivity index (χ0) is 13.2. The molecule has 1 saturated heterocycles. The maximum Gasteiger partial charge on any atom is 0.150 e. The van der Waals surface area contributed by atoms with Gasteiger partial charge in [0, 0.05) is 30.2 Å². The van der Waals surface area contributed by atoms with E-state index in [-0.39, 0.29) is 6.10 Å². The number of rotatable bonds is 3. The van der Waals surface area contributed by atoms with Crippen LogP contribution in [0.3, 0.4) is 0 Å². The second-order valence-electron chi connectivity index (χ2n) is 4.86. The Kier molecular flexibility index (Phi) is 3.63. The average Bonchev–Trinajstić information content (AvgIpc) is 2.99. The fourth-order valence-corrected chi connectivity index (χ4v) is 3.06. The van der Waals surface area contributed by atoms with Crippen molar-refractivity contribution in [2.75, 3.05) is 19.7 Å². The number of aryl methyl sites for hydroxylation is 2. The third-order valence-electron chi connectivity index (χ3n) is 3.12. The molecule has 0 spiro atoms. The maximum atomic E-state index is 5.81. The first-order valence-electron chi connectivity index (χ1n) is 6.39. The molecule has 3 heterocycles. The standard InChI is InChI=1S/C13H17N3O2S/c1-9-5-11(18-15-9)6-16-3-4-17-12(7-16)13-14-10(2)8-19-13/h5,8,12H,3-4,6-7H2,1-2H3. The van der Waals surface area contributed by atoms with E-state index in [1.54, 1.807) is 11.3 Å². The van der Waals surface area contributed by atoms with E-state index < -0.39 is 0 Å². The second-order valence-corrected chi connectivity index (χ2v) is 5.75. The van der Waals surface area contributed by atoms with E-state index in [0.717, 1.165) is 48.4 Å². The van der Waals surface area contributed by atoms with Crippen molar-refractivity contribution >= 4 is 11.3 Å². The molecule has 0 saturated carbocycles. The van der Waals surface area contributed by atoms with Gasteiger partial charge in [0.05, 0.1) is 18.8 Å². The lowest BCUT2D eigenvalue weighted by Crippen LogP contribution is -2.37. The summed E-state index contributed by atoms with van der Waals surface area (Å²) in [6, 6.07) is 1.98. The number of hydrogen-bond donors (Lipinski definition) is 0. The Balaban J connectivity index is 1.64. The van der Waals surface area contributed by atoms with Gasteiger partial charge in [-0.3, -0.25) is 4.90 Å². The third-order valence-corrected chi connectivity index (χ3v) is 4.17. The highest BCUT2D eigenvalue weighted by molar-refractivity contribution is 7.09. The summed E-state index contributed by atoms with van der Waals surface area (Å²) in [5.74, 6) is 0.911. The second kappa shape index (κ2) is 5.40. The number of ether oxygens (including phenoxy) is 1. The molecule has 3 rings (SSSR count). The summed E-state index contributed by atoms with van der Waals surface area (Å²) in [7, 11) is 0. The fourth-order valence-electron chi connectivity index (χ4n) is 2.23. The molecule has 102 valence electrons. The summed E-state index contributed by atoms with van der Waals surface area (Å²) in [5.41, 5.74) is 1.99. The van der Waals surface area contributed by atoms with Crippen molar-refractivity contribution in [1.29, 1.82) is 0 Å². The first-order chi connectivity index (χ1) is 9.20. The minimum Gasteiger partial charge on any atom is -0.368 e. The van der Waals surface area contributed by atoms with Crippen LogP contribution >= 0.6 is 11.3 Å². The normalized spacial score (nSPS) is 20.8. The molecule has 19 heavy (non-hydrogen) atoms. The van der Waals surface area contributed by atoms with Gasteiger partial charge < -0.3 is 9.26 Å². The summed E-state index contributed by atoms with van der Waals surface area (Å²) in [6.45, 7) is 7.24. The molecule has 2 aromatic rings. The van der Waals surface area contributed by atoms with Gasteiger partial charge in [-0.15, -0.1) is 11.3 Å². The maximum absolute atomic E-state index is 5.81. The molecule has 0 radical (unpaired) electrons. The van der Waals surface area contributed by atoms with Crippen LogP contribution in [0.5, 0.6) is 0 Å². The molecule has 5 nitrogen and oxygen atoms in total. The van der Waals surface area contributed by atoms with Gasteiger partial charge in [0.15, 0.2) is 5.76 Å². The van der Waals surface area contributed by atoms with Gasteiger partial charge in [-0.1, -0.05) is 5.16 Å². The Morgan fingerprint density at radius 2 is 2.32 bits per heavy atom. The van der Waals surface area contributed by atoms with Crippen LogP contribution < -0.4 is 0 Å². The van der Waals surface area contributed by atoms with Crippen molar-refractivity contribution in [2.24, 2.45) is 0 Å². The van der Waals surface area contributed by atoms with E-state index in [1.165, 1.54) is 0 Å². The van der Waals surface area contributed by atoms with E-state index in [0.29, 0.717) is 0 Å². The highest BCUT2D eigenvalue weighted by Gasteiger charge is 2.24. The molecule has 0 bridgehead atoms. The lowest BCUT2D eigenvalue weighted by molar-refractivity contribution is -0.0352. The van der Waals surface area contributed by atoms with E-state index in [9.17, 15) is 0 Å². The van der Waals surface area contributed by atoms with Crippen LogP contribution in [-0.4, -0.2) is 34.7 Å². The van der Waals surface area contributed by atoms with Crippen molar-refractivity contribution in [3.05, 3.63) is 33.6 Å². The Morgan fingerprint density at radius 1 is 1.42 bits per heavy atom. The quantitative estimate of drug-likeness (QED) is 0.863. The number of thiazole rings is 1. The molecule has 1 unspecified atom stereocenters. The van der Waals surface area contributed by atoms with Gasteiger partial charge in [0.2, 0.25) is 0 Å². The van der Waals surface area contributed by atoms with Crippen molar-refractivity contribution in [3.63, 3.8) is 0 Å². The molecule has 1 fully saturated rings. The number of hydrogen-bond acceptors (Lipinski definition) is 6. The summed E-state index contributed by atoms with van der Waals surface area (Å²) in [5, 5.41) is 7.05. The van der Waals surface area contributed by atoms with Crippen molar-refractivity contribution < 1.29 is 9.26 Å². The highest BCUT2D eigenvalue weighted by Crippen LogP contribution is 2.25. The predicted octanol–water partition coefficient (Wildman–Crippen LogP) is 2.32. The summed E-state index contributed by atoms with van der Waals surface area (Å²) < 4.78 is 11.1. The third kappa shape index (κ3) is 3.02. The molecule has 1 atom stereocenters. The fraction of sp³-hybridized carbons (Fsp3) is 0.538. The van der Waals surface area contributed by atoms with E-state index in [2.05, 4.69) is 20.4 Å². The Bertz CT molecular complexity index is 552. The van der Waals surface area contributed by atoms with Crippen molar-refractivity contribution in [3.8, 4) is 0 Å². The summed E-state index contributed by atoms with van der Waals surface area (Å²) in [4.78, 5) is 6.84. The van der Waals surface area contributed by atoms with Crippen LogP contribution in [0.1, 0.15) is 28.3 Å². The molecule has 0 amide bonds. The van der Waals surface area contributed by atoms with E-state index in [4.69, 9.17) is 9.26 Å². The van der Waals surface area contributed by atoms with E-state index >= 15 is 0 Å². The van der Waals surface area contributed by atoms with Gasteiger partial charge in [-0.25, -0.2) is 4.98 Å². The average molecular weight is 279 g/mol. The number of aromatic nitrogens is 2. The first-order valence-corrected chi connectivity index (χ1v) is 7.27. The van der Waals surface area contributed by atoms with Crippen LogP contribution in [0.2, 0.25) is 0 Å². The monoisotopic (exact) mass is 279 g/mol. The van der Waals surface area contributed by atoms with Crippen molar-refractivity contribution in [1.82, 2.24) is 15.0 Å². The van der Waals surface area contributed by atoms with Crippen LogP contribution in [0.15, 0.2) is 16.0 Å². The van der Waals surface area contributed by atoms with E-state index in [1.807, 2.05) is 19.9 Å². The molecule has 2 aromatic heterocycles. The van der Waals surface area contributed by atoms with Gasteiger partial charge in [-0.2, -0.15) is 0 Å². The molecular weight excluding hydrogens is 262 g/mol. The van der Waals surface area contributed by atoms with Crippen LogP contribution in [0.4, 0.5) is 0 Å². The van der Waals surface area contributed by atoms with Crippen LogP contribution in [0.25, 0.3) is 0 Å². The molecule has 6 heteroatoms. The SMILES string of the molecule is Cc1cc(CN2CCOC(c3nc(C)cs3)C2)on1. The molecule has 1 aliphatic rings. The van der Waals surface area contributed by atoms with Crippen LogP contribution in [-0.2, 0) is 11.3 Å². The Hall–Kier alpha value is -1.24. The molecule has 0 aromatic carbocycles. The highest BCUT2D eigenvalue weighted by atomic mass is 32.1. The van der Waals surface area contributed by atoms with Gasteiger partial charge >= 0.3 is 0 Å². The predicted molar refractivity (Wildman–Crippen MR) is 72.1 cm³/mol. The van der Waals surface area contributed by atoms with Gasteiger partial charge in [0.25, 0.3) is 0 Å². The zero-order valence-corrected chi connectivity index (χ0v) is 11.9.